The van der Waals surface area contributed by atoms with Crippen molar-refractivity contribution in [3.05, 3.63) is 60.2 Å². The molecule has 39 heavy (non-hydrogen) atoms. The van der Waals surface area contributed by atoms with Crippen LogP contribution < -0.4 is 17.2 Å². The topological polar surface area (TPSA) is 256 Å². The summed E-state index contributed by atoms with van der Waals surface area (Å²) in [7, 11) is -9.72. The molecule has 0 aliphatic carbocycles. The molecule has 0 atom stereocenters. The van der Waals surface area contributed by atoms with Gasteiger partial charge in [-0.15, -0.1) is 10.2 Å². The van der Waals surface area contributed by atoms with E-state index in [1.807, 2.05) is 0 Å². The maximum absolute atomic E-state index is 12.1. The Kier molecular flexibility index (Phi) is 6.96. The van der Waals surface area contributed by atoms with E-state index in [0.29, 0.717) is 22.7 Å². The van der Waals surface area contributed by atoms with Gasteiger partial charge in [-0.3, -0.25) is 9.11 Å². The van der Waals surface area contributed by atoms with Crippen LogP contribution in [0.15, 0.2) is 84.8 Å². The second-order valence-electron chi connectivity index (χ2n) is 8.27. The molecule has 0 bridgehead atoms. The lowest BCUT2D eigenvalue weighted by Gasteiger charge is -2.14. The summed E-state index contributed by atoms with van der Waals surface area (Å²) in [6.07, 6.45) is 0. The van der Waals surface area contributed by atoms with E-state index < -0.39 is 41.5 Å². The highest BCUT2D eigenvalue weighted by Crippen LogP contribution is 2.45. The Bertz CT molecular complexity index is 1910. The van der Waals surface area contributed by atoms with Gasteiger partial charge in [0.1, 0.15) is 16.3 Å². The minimum Gasteiger partial charge on any atom is -0.505 e. The highest BCUT2D eigenvalue weighted by atomic mass is 32.2. The lowest BCUT2D eigenvalue weighted by molar-refractivity contribution is 0.472. The summed E-state index contributed by atoms with van der Waals surface area (Å²) in [5.74, 6) is -0.780. The van der Waals surface area contributed by atoms with Gasteiger partial charge in [0.15, 0.2) is 5.75 Å². The number of fused-ring (bicyclic) bond motifs is 1. The molecule has 0 saturated heterocycles. The van der Waals surface area contributed by atoms with Crippen molar-refractivity contribution in [2.45, 2.75) is 16.7 Å². The highest BCUT2D eigenvalue weighted by molar-refractivity contribution is 7.86. The highest BCUT2D eigenvalue weighted by Gasteiger charge is 2.26. The summed E-state index contributed by atoms with van der Waals surface area (Å²) in [6, 6.07) is 12.6. The van der Waals surface area contributed by atoms with E-state index in [1.165, 1.54) is 31.2 Å². The number of benzene rings is 4. The van der Waals surface area contributed by atoms with Crippen LogP contribution in [0.3, 0.4) is 0 Å². The molecule has 14 nitrogen and oxygen atoms in total. The van der Waals surface area contributed by atoms with Crippen LogP contribution in [0, 0.1) is 6.92 Å². The third-order valence-electron chi connectivity index (χ3n) is 5.60. The maximum atomic E-state index is 12.1. The fourth-order valence-corrected chi connectivity index (χ4v) is 5.08. The first-order valence-electron chi connectivity index (χ1n) is 10.8. The molecule has 0 spiro atoms. The van der Waals surface area contributed by atoms with E-state index in [-0.39, 0.29) is 27.7 Å². The summed E-state index contributed by atoms with van der Waals surface area (Å²) in [6.45, 7) is 1.29. The number of anilines is 3. The number of phenolic OH excluding ortho intramolecular Hbond substituents is 1. The van der Waals surface area contributed by atoms with Crippen molar-refractivity contribution in [3.63, 3.8) is 0 Å². The van der Waals surface area contributed by atoms with Crippen molar-refractivity contribution in [3.8, 4) is 5.75 Å². The molecular weight excluding hydrogens is 550 g/mol. The van der Waals surface area contributed by atoms with Gasteiger partial charge >= 0.3 is 0 Å². The zero-order valence-corrected chi connectivity index (χ0v) is 21.6. The lowest BCUT2D eigenvalue weighted by Crippen LogP contribution is -2.05. The Labute approximate surface area is 222 Å². The largest absolute Gasteiger partial charge is 0.505 e. The van der Waals surface area contributed by atoms with Crippen LogP contribution in [0.1, 0.15) is 5.56 Å². The Morgan fingerprint density at radius 1 is 0.718 bits per heavy atom. The van der Waals surface area contributed by atoms with Crippen LogP contribution in [0.5, 0.6) is 5.75 Å². The van der Waals surface area contributed by atoms with E-state index in [4.69, 9.17) is 17.2 Å². The standard InChI is InChI=1S/C23H21N7O7S2/c1-11-18(38(32,33)34)8-12-9-19(39(35,36)37)22(23(31)20(12)21(11)26)30-28-15-5-3-14(4-6-15)27-29-17-7-2-13(24)10-16(17)25/h2-10,31H,24-26H2,1H3,(H,32,33,34)(H,35,36,37). The molecule has 4 aromatic rings. The average molecular weight is 572 g/mol. The molecular formula is C23H21N7O7S2. The summed E-state index contributed by atoms with van der Waals surface area (Å²) in [5, 5.41) is 26.4. The monoisotopic (exact) mass is 571 g/mol. The van der Waals surface area contributed by atoms with Crippen LogP contribution >= 0.6 is 0 Å². The molecule has 0 aliphatic rings. The van der Waals surface area contributed by atoms with Gasteiger partial charge in [0.05, 0.1) is 22.0 Å². The molecule has 0 fully saturated rings. The number of rotatable bonds is 6. The Balaban J connectivity index is 1.75. The van der Waals surface area contributed by atoms with E-state index in [2.05, 4.69) is 20.5 Å². The van der Waals surface area contributed by atoms with Crippen molar-refractivity contribution in [2.75, 3.05) is 17.2 Å². The van der Waals surface area contributed by atoms with Crippen LogP contribution in [-0.4, -0.2) is 31.0 Å². The molecule has 0 saturated carbocycles. The number of phenols is 1. The molecule has 202 valence electrons. The molecule has 0 unspecified atom stereocenters. The van der Waals surface area contributed by atoms with Crippen molar-refractivity contribution in [1.29, 1.82) is 0 Å². The Hall–Kier alpha value is -4.64. The van der Waals surface area contributed by atoms with E-state index >= 15 is 0 Å². The molecule has 0 aromatic heterocycles. The first-order valence-corrected chi connectivity index (χ1v) is 13.7. The molecule has 9 N–H and O–H groups in total. The average Bonchev–Trinajstić information content (AvgIpc) is 2.84. The molecule has 0 radical (unpaired) electrons. The van der Waals surface area contributed by atoms with Gasteiger partial charge in [0, 0.05) is 16.8 Å². The van der Waals surface area contributed by atoms with Crippen molar-refractivity contribution < 1.29 is 31.0 Å². The third kappa shape index (κ3) is 5.63. The first-order chi connectivity index (χ1) is 18.2. The second-order valence-corrected chi connectivity index (χ2v) is 11.0. The molecule has 4 rings (SSSR count). The van der Waals surface area contributed by atoms with Gasteiger partial charge in [-0.2, -0.15) is 27.1 Å². The van der Waals surface area contributed by atoms with Crippen molar-refractivity contribution in [1.82, 2.24) is 0 Å². The fraction of sp³-hybridized carbons (Fsp3) is 0.0435. The quantitative estimate of drug-likeness (QED) is 0.103. The van der Waals surface area contributed by atoms with E-state index in [0.717, 1.165) is 12.1 Å². The molecule has 4 aromatic carbocycles. The number of hydrogen-bond acceptors (Lipinski definition) is 12. The number of nitrogen functional groups attached to an aromatic ring is 3. The minimum absolute atomic E-state index is 0.0896. The Morgan fingerprint density at radius 2 is 1.26 bits per heavy atom. The molecule has 16 heteroatoms. The molecule has 0 heterocycles. The Morgan fingerprint density at radius 3 is 1.79 bits per heavy atom. The van der Waals surface area contributed by atoms with Crippen molar-refractivity contribution in [2.24, 2.45) is 20.5 Å². The molecule has 0 aliphatic heterocycles. The summed E-state index contributed by atoms with van der Waals surface area (Å²) >= 11 is 0. The first kappa shape index (κ1) is 27.4. The lowest BCUT2D eigenvalue weighted by atomic mass is 10.0. The molecule has 0 amide bonds. The fourth-order valence-electron chi connectivity index (χ4n) is 3.65. The van der Waals surface area contributed by atoms with Crippen LogP contribution in [0.2, 0.25) is 0 Å². The number of aromatic hydroxyl groups is 1. The number of nitrogens with two attached hydrogens (primary N) is 3. The van der Waals surface area contributed by atoms with E-state index in [1.54, 1.807) is 18.2 Å². The van der Waals surface area contributed by atoms with Gasteiger partial charge in [-0.25, -0.2) is 0 Å². The smallest absolute Gasteiger partial charge is 0.296 e. The van der Waals surface area contributed by atoms with E-state index in [9.17, 15) is 31.0 Å². The van der Waals surface area contributed by atoms with Crippen LogP contribution in [-0.2, 0) is 20.2 Å². The van der Waals surface area contributed by atoms with Gasteiger partial charge < -0.3 is 22.3 Å². The summed E-state index contributed by atoms with van der Waals surface area (Å²) < 4.78 is 66.8. The summed E-state index contributed by atoms with van der Waals surface area (Å²) in [5.41, 5.74) is 18.4. The SMILES string of the molecule is Cc1c(S(=O)(=O)O)cc2cc(S(=O)(=O)O)c(N=Nc3ccc(N=Nc4ccc(N)cc4N)cc3)c(O)c2c1N. The minimum atomic E-state index is -4.98. The van der Waals surface area contributed by atoms with Gasteiger partial charge in [0.2, 0.25) is 0 Å². The third-order valence-corrected chi connectivity index (χ3v) is 7.44. The second kappa shape index (κ2) is 9.91. The van der Waals surface area contributed by atoms with Crippen LogP contribution in [0.4, 0.5) is 39.8 Å². The zero-order valence-electron chi connectivity index (χ0n) is 20.0. The van der Waals surface area contributed by atoms with Crippen LogP contribution in [0.25, 0.3) is 10.8 Å². The number of nitrogens with zero attached hydrogens (tertiary/aromatic N) is 4. The summed E-state index contributed by atoms with van der Waals surface area (Å²) in [4.78, 5) is -1.47. The van der Waals surface area contributed by atoms with Crippen molar-refractivity contribution >= 4 is 70.8 Å². The maximum Gasteiger partial charge on any atom is 0.296 e. The van der Waals surface area contributed by atoms with Gasteiger partial charge in [-0.1, -0.05) is 0 Å². The predicted octanol–water partition coefficient (Wildman–Crippen LogP) is 4.92. The zero-order chi connectivity index (χ0) is 28.7. The van der Waals surface area contributed by atoms with Gasteiger partial charge in [0.25, 0.3) is 20.2 Å². The normalized spacial score (nSPS) is 12.6. The van der Waals surface area contributed by atoms with Gasteiger partial charge in [-0.05, 0) is 72.5 Å². The number of hydrogen-bond donors (Lipinski definition) is 6. The predicted molar refractivity (Wildman–Crippen MR) is 144 cm³/mol. The number of azo groups is 2.